The number of halogens is 1. The molecular weight excluding hydrogens is 354 g/mol. The summed E-state index contributed by atoms with van der Waals surface area (Å²) in [4.78, 5) is 16.1. The fraction of sp³-hybridized carbons (Fsp3) is 0.105. The Hall–Kier alpha value is -3.12. The van der Waals surface area contributed by atoms with Gasteiger partial charge in [0, 0.05) is 23.9 Å². The molecule has 26 heavy (non-hydrogen) atoms. The van der Waals surface area contributed by atoms with Crippen LogP contribution in [-0.2, 0) is 11.2 Å². The monoisotopic (exact) mass is 367 g/mol. The number of rotatable bonds is 4. The van der Waals surface area contributed by atoms with Gasteiger partial charge in [-0.05, 0) is 36.4 Å². The van der Waals surface area contributed by atoms with Gasteiger partial charge in [-0.15, -0.1) is 0 Å². The highest BCUT2D eigenvalue weighted by molar-refractivity contribution is 6.30. The van der Waals surface area contributed by atoms with Gasteiger partial charge in [-0.2, -0.15) is 5.10 Å². The second-order valence-electron chi connectivity index (χ2n) is 5.66. The molecule has 4 aromatic heterocycles. The number of fused-ring (bicyclic) bond motifs is 1. The highest BCUT2D eigenvalue weighted by atomic mass is 35.5. The summed E-state index contributed by atoms with van der Waals surface area (Å²) in [6, 6.07) is 12.6. The number of carbonyl (C=O) groups excluding carboxylic acids is 1. The van der Waals surface area contributed by atoms with E-state index in [1.807, 2.05) is 30.3 Å². The molecule has 4 heterocycles. The fourth-order valence-corrected chi connectivity index (χ4v) is 2.99. The van der Waals surface area contributed by atoms with Crippen LogP contribution in [0.3, 0.4) is 0 Å². The van der Waals surface area contributed by atoms with E-state index in [0.29, 0.717) is 22.9 Å². The van der Waals surface area contributed by atoms with Gasteiger partial charge in [-0.1, -0.05) is 17.7 Å². The summed E-state index contributed by atoms with van der Waals surface area (Å²) >= 11 is 6.09. The average molecular weight is 368 g/mol. The zero-order valence-electron chi connectivity index (χ0n) is 13.8. The molecule has 0 aliphatic heterocycles. The molecule has 0 radical (unpaired) electrons. The maximum atomic E-state index is 11.7. The normalized spacial score (nSPS) is 11.0. The quantitative estimate of drug-likeness (QED) is 0.509. The second-order valence-corrected chi connectivity index (χ2v) is 6.10. The van der Waals surface area contributed by atoms with E-state index in [1.165, 1.54) is 7.11 Å². The number of ether oxygens (including phenoxy) is 1. The topological polar surface area (TPSA) is 69.6 Å². The lowest BCUT2D eigenvalue weighted by atomic mass is 10.1. The van der Waals surface area contributed by atoms with Gasteiger partial charge in [0.25, 0.3) is 0 Å². The van der Waals surface area contributed by atoms with Crippen LogP contribution in [-0.4, -0.2) is 27.7 Å². The van der Waals surface area contributed by atoms with Crippen LogP contribution >= 0.6 is 11.6 Å². The Morgan fingerprint density at radius 2 is 2.12 bits per heavy atom. The molecule has 4 rings (SSSR count). The number of aromatic nitrogens is 3. The van der Waals surface area contributed by atoms with Crippen LogP contribution in [0.1, 0.15) is 21.7 Å². The van der Waals surface area contributed by atoms with E-state index in [4.69, 9.17) is 20.8 Å². The van der Waals surface area contributed by atoms with E-state index in [1.54, 1.807) is 29.1 Å². The van der Waals surface area contributed by atoms with E-state index in [0.717, 1.165) is 16.8 Å². The fourth-order valence-electron chi connectivity index (χ4n) is 2.84. The Balaban J connectivity index is 1.83. The minimum atomic E-state index is -0.468. The Labute approximate surface area is 154 Å². The van der Waals surface area contributed by atoms with E-state index in [9.17, 15) is 4.79 Å². The number of nitrogens with zero attached hydrogens (tertiary/aromatic N) is 3. The number of carbonyl (C=O) groups is 1. The highest BCUT2D eigenvalue weighted by Crippen LogP contribution is 2.29. The van der Waals surface area contributed by atoms with Crippen molar-refractivity contribution in [2.75, 3.05) is 7.11 Å². The molecule has 6 nitrogen and oxygen atoms in total. The standard InChI is InChI=1S/C19H14ClN3O3/c1-25-19(24)15-5-2-4-13(21-15)10-14-16-8-7-12(20)11-23(16)22-18(14)17-6-3-9-26-17/h2-9,11H,10H2,1H3. The number of hydrogen-bond donors (Lipinski definition) is 0. The molecule has 0 aliphatic carbocycles. The predicted molar refractivity (Wildman–Crippen MR) is 96.3 cm³/mol. The van der Waals surface area contributed by atoms with Crippen molar-refractivity contribution >= 4 is 23.1 Å². The third kappa shape index (κ3) is 2.95. The second kappa shape index (κ2) is 6.65. The van der Waals surface area contributed by atoms with Crippen molar-refractivity contribution in [3.8, 4) is 11.5 Å². The van der Waals surface area contributed by atoms with Gasteiger partial charge in [0.1, 0.15) is 11.4 Å². The smallest absolute Gasteiger partial charge is 0.356 e. The maximum absolute atomic E-state index is 11.7. The van der Waals surface area contributed by atoms with Crippen LogP contribution in [0.15, 0.2) is 59.3 Å². The van der Waals surface area contributed by atoms with Crippen molar-refractivity contribution in [3.05, 3.63) is 76.9 Å². The third-order valence-corrected chi connectivity index (χ3v) is 4.23. The summed E-state index contributed by atoms with van der Waals surface area (Å²) in [5, 5.41) is 5.19. The van der Waals surface area contributed by atoms with Crippen LogP contribution in [0.5, 0.6) is 0 Å². The molecule has 0 bridgehead atoms. The summed E-state index contributed by atoms with van der Waals surface area (Å²) in [7, 11) is 1.33. The van der Waals surface area contributed by atoms with Crippen molar-refractivity contribution < 1.29 is 13.9 Å². The van der Waals surface area contributed by atoms with Crippen LogP contribution in [0.2, 0.25) is 5.02 Å². The predicted octanol–water partition coefficient (Wildman–Crippen LogP) is 4.02. The van der Waals surface area contributed by atoms with Crippen LogP contribution in [0.25, 0.3) is 17.0 Å². The van der Waals surface area contributed by atoms with Crippen molar-refractivity contribution in [2.24, 2.45) is 0 Å². The van der Waals surface area contributed by atoms with E-state index in [2.05, 4.69) is 10.1 Å². The molecule has 130 valence electrons. The minimum absolute atomic E-state index is 0.268. The van der Waals surface area contributed by atoms with E-state index < -0.39 is 5.97 Å². The number of hydrogen-bond acceptors (Lipinski definition) is 5. The lowest BCUT2D eigenvalue weighted by Crippen LogP contribution is -2.06. The molecule has 0 aliphatic rings. The molecule has 4 aromatic rings. The molecule has 0 fully saturated rings. The molecule has 0 saturated heterocycles. The summed E-state index contributed by atoms with van der Waals surface area (Å²) in [6.45, 7) is 0. The lowest BCUT2D eigenvalue weighted by Gasteiger charge is -2.04. The highest BCUT2D eigenvalue weighted by Gasteiger charge is 2.18. The van der Waals surface area contributed by atoms with Crippen molar-refractivity contribution in [1.82, 2.24) is 14.6 Å². The first-order valence-electron chi connectivity index (χ1n) is 7.90. The van der Waals surface area contributed by atoms with Gasteiger partial charge in [0.05, 0.1) is 23.9 Å². The van der Waals surface area contributed by atoms with Crippen molar-refractivity contribution in [3.63, 3.8) is 0 Å². The van der Waals surface area contributed by atoms with Crippen LogP contribution < -0.4 is 0 Å². The maximum Gasteiger partial charge on any atom is 0.356 e. The lowest BCUT2D eigenvalue weighted by molar-refractivity contribution is 0.0593. The molecule has 0 atom stereocenters. The first-order chi connectivity index (χ1) is 12.7. The summed E-state index contributed by atoms with van der Waals surface area (Å²) in [6.07, 6.45) is 3.82. The third-order valence-electron chi connectivity index (χ3n) is 4.01. The van der Waals surface area contributed by atoms with Crippen molar-refractivity contribution in [1.29, 1.82) is 0 Å². The SMILES string of the molecule is COC(=O)c1cccc(Cc2c(-c3ccco3)nn3cc(Cl)ccc23)n1. The average Bonchev–Trinajstić information content (AvgIpc) is 3.29. The van der Waals surface area contributed by atoms with E-state index >= 15 is 0 Å². The largest absolute Gasteiger partial charge is 0.464 e. The Bertz CT molecular complexity index is 1090. The number of esters is 1. The molecule has 0 N–H and O–H groups in total. The van der Waals surface area contributed by atoms with Gasteiger partial charge >= 0.3 is 5.97 Å². The summed E-state index contributed by atoms with van der Waals surface area (Å²) in [5.74, 6) is 0.189. The Morgan fingerprint density at radius 1 is 1.23 bits per heavy atom. The van der Waals surface area contributed by atoms with Crippen molar-refractivity contribution in [2.45, 2.75) is 6.42 Å². The van der Waals surface area contributed by atoms with Gasteiger partial charge in [0.2, 0.25) is 0 Å². The van der Waals surface area contributed by atoms with Gasteiger partial charge in [-0.25, -0.2) is 14.3 Å². The molecule has 0 saturated carbocycles. The van der Waals surface area contributed by atoms with Crippen LogP contribution in [0.4, 0.5) is 0 Å². The Morgan fingerprint density at radius 3 is 2.88 bits per heavy atom. The molecule has 0 unspecified atom stereocenters. The first-order valence-corrected chi connectivity index (χ1v) is 8.28. The van der Waals surface area contributed by atoms with Gasteiger partial charge in [0.15, 0.2) is 5.76 Å². The zero-order valence-corrected chi connectivity index (χ0v) is 14.6. The number of pyridine rings is 2. The molecule has 0 amide bonds. The molecule has 7 heteroatoms. The van der Waals surface area contributed by atoms with E-state index in [-0.39, 0.29) is 5.69 Å². The Kier molecular flexibility index (Phi) is 4.18. The first kappa shape index (κ1) is 16.4. The molecular formula is C19H14ClN3O3. The summed E-state index contributed by atoms with van der Waals surface area (Å²) in [5.41, 5.74) is 3.54. The van der Waals surface area contributed by atoms with Crippen LogP contribution in [0, 0.1) is 0 Å². The number of methoxy groups -OCH3 is 1. The minimum Gasteiger partial charge on any atom is -0.464 e. The van der Waals surface area contributed by atoms with Gasteiger partial charge < -0.3 is 9.15 Å². The molecule has 0 aromatic carbocycles. The zero-order chi connectivity index (χ0) is 18.1. The van der Waals surface area contributed by atoms with Gasteiger partial charge in [-0.3, -0.25) is 0 Å². The summed E-state index contributed by atoms with van der Waals surface area (Å²) < 4.78 is 12.0. The number of furan rings is 1. The molecule has 0 spiro atoms.